The Morgan fingerprint density at radius 2 is 1.66 bits per heavy atom. The lowest BCUT2D eigenvalue weighted by molar-refractivity contribution is -0.132. The van der Waals surface area contributed by atoms with Crippen molar-refractivity contribution in [2.75, 3.05) is 12.0 Å². The van der Waals surface area contributed by atoms with Gasteiger partial charge >= 0.3 is 0 Å². The van der Waals surface area contributed by atoms with Crippen LogP contribution in [-0.4, -0.2) is 18.1 Å². The van der Waals surface area contributed by atoms with E-state index in [2.05, 4.69) is 0 Å². The van der Waals surface area contributed by atoms with Gasteiger partial charge in [-0.3, -0.25) is 4.79 Å². The van der Waals surface area contributed by atoms with Crippen molar-refractivity contribution in [2.24, 2.45) is 0 Å². The molecule has 1 aliphatic heterocycles. The molecule has 1 aliphatic rings. The fourth-order valence-electron chi connectivity index (χ4n) is 3.99. The molecule has 4 rings (SSSR count). The first-order chi connectivity index (χ1) is 13.8. The Hall–Kier alpha value is -2.82. The Morgan fingerprint density at radius 3 is 2.28 bits per heavy atom. The quantitative estimate of drug-likeness (QED) is 0.679. The average molecular weight is 408 g/mol. The van der Waals surface area contributed by atoms with Gasteiger partial charge in [-0.05, 0) is 55.3 Å². The van der Waals surface area contributed by atoms with Crippen LogP contribution >= 0.6 is 11.6 Å². The summed E-state index contributed by atoms with van der Waals surface area (Å²) >= 11 is 6.23. The smallest absolute Gasteiger partial charge is 0.268 e. The number of ether oxygens (including phenoxy) is 1. The van der Waals surface area contributed by atoms with Gasteiger partial charge in [0, 0.05) is 10.6 Å². The highest BCUT2D eigenvalue weighted by molar-refractivity contribution is 6.31. The van der Waals surface area contributed by atoms with E-state index in [9.17, 15) is 9.90 Å². The van der Waals surface area contributed by atoms with Crippen LogP contribution in [0.25, 0.3) is 0 Å². The van der Waals surface area contributed by atoms with Gasteiger partial charge in [-0.1, -0.05) is 53.1 Å². The second-order valence-electron chi connectivity index (χ2n) is 7.49. The Bertz CT molecular complexity index is 1070. The standard InChI is InChI=1S/C24H22ClNO3/c1-15-10-16(2)12-18(11-15)24(28)21-13-19(25)6-9-22(21)26(23(24)27)14-17-4-7-20(29-3)8-5-17/h4-13,28H,14H2,1-3H3/t24-/m0/s1. The summed E-state index contributed by atoms with van der Waals surface area (Å²) in [6, 6.07) is 18.5. The van der Waals surface area contributed by atoms with Crippen molar-refractivity contribution >= 4 is 23.2 Å². The highest BCUT2D eigenvalue weighted by atomic mass is 35.5. The molecule has 0 saturated carbocycles. The van der Waals surface area contributed by atoms with E-state index in [1.165, 1.54) is 0 Å². The summed E-state index contributed by atoms with van der Waals surface area (Å²) in [7, 11) is 1.61. The Balaban J connectivity index is 1.82. The second kappa shape index (κ2) is 7.21. The first kappa shape index (κ1) is 19.5. The minimum absolute atomic E-state index is 0.338. The third-order valence-corrected chi connectivity index (χ3v) is 5.57. The average Bonchev–Trinajstić information content (AvgIpc) is 2.90. The number of benzene rings is 3. The molecule has 0 fully saturated rings. The van der Waals surface area contributed by atoms with Crippen LogP contribution in [0.15, 0.2) is 60.7 Å². The molecule has 0 saturated heterocycles. The maximum Gasteiger partial charge on any atom is 0.268 e. The number of aryl methyl sites for hydroxylation is 2. The lowest BCUT2D eigenvalue weighted by Crippen LogP contribution is -2.41. The number of hydrogen-bond donors (Lipinski definition) is 1. The summed E-state index contributed by atoms with van der Waals surface area (Å²) in [5, 5.41) is 12.2. The molecular formula is C24H22ClNO3. The van der Waals surface area contributed by atoms with E-state index >= 15 is 0 Å². The zero-order valence-electron chi connectivity index (χ0n) is 16.6. The van der Waals surface area contributed by atoms with E-state index in [1.807, 2.05) is 56.3 Å². The predicted octanol–water partition coefficient (Wildman–Crippen LogP) is 4.75. The highest BCUT2D eigenvalue weighted by Crippen LogP contribution is 2.46. The molecule has 1 amide bonds. The third-order valence-electron chi connectivity index (χ3n) is 5.33. The second-order valence-corrected chi connectivity index (χ2v) is 7.92. The van der Waals surface area contributed by atoms with Crippen molar-refractivity contribution < 1.29 is 14.6 Å². The summed E-state index contributed by atoms with van der Waals surface area (Å²) in [5.74, 6) is 0.371. The summed E-state index contributed by atoms with van der Waals surface area (Å²) in [6.45, 7) is 4.24. The van der Waals surface area contributed by atoms with Gasteiger partial charge in [0.25, 0.3) is 5.91 Å². The molecule has 148 valence electrons. The molecule has 0 aliphatic carbocycles. The van der Waals surface area contributed by atoms with Crippen LogP contribution in [0.5, 0.6) is 5.75 Å². The van der Waals surface area contributed by atoms with Gasteiger partial charge in [0.1, 0.15) is 5.75 Å². The van der Waals surface area contributed by atoms with E-state index in [0.29, 0.717) is 28.4 Å². The molecule has 0 aromatic heterocycles. The van der Waals surface area contributed by atoms with Crippen LogP contribution in [0.2, 0.25) is 5.02 Å². The zero-order valence-corrected chi connectivity index (χ0v) is 17.3. The van der Waals surface area contributed by atoms with Crippen molar-refractivity contribution in [1.29, 1.82) is 0 Å². The Morgan fingerprint density at radius 1 is 1.00 bits per heavy atom. The Kier molecular flexibility index (Phi) is 4.85. The predicted molar refractivity (Wildman–Crippen MR) is 115 cm³/mol. The molecule has 0 radical (unpaired) electrons. The van der Waals surface area contributed by atoms with Crippen LogP contribution in [-0.2, 0) is 16.9 Å². The molecule has 3 aromatic carbocycles. The zero-order chi connectivity index (χ0) is 20.8. The fourth-order valence-corrected chi connectivity index (χ4v) is 4.16. The number of carbonyl (C=O) groups excluding carboxylic acids is 1. The van der Waals surface area contributed by atoms with Crippen molar-refractivity contribution in [3.63, 3.8) is 0 Å². The number of carbonyl (C=O) groups is 1. The first-order valence-electron chi connectivity index (χ1n) is 9.39. The number of hydrogen-bond acceptors (Lipinski definition) is 3. The van der Waals surface area contributed by atoms with Crippen LogP contribution in [0.3, 0.4) is 0 Å². The first-order valence-corrected chi connectivity index (χ1v) is 9.77. The van der Waals surface area contributed by atoms with Gasteiger partial charge in [-0.2, -0.15) is 0 Å². The van der Waals surface area contributed by atoms with E-state index in [4.69, 9.17) is 16.3 Å². The minimum atomic E-state index is -1.77. The van der Waals surface area contributed by atoms with Crippen LogP contribution in [0.4, 0.5) is 5.69 Å². The van der Waals surface area contributed by atoms with Crippen LogP contribution < -0.4 is 9.64 Å². The van der Waals surface area contributed by atoms with Crippen LogP contribution in [0.1, 0.15) is 27.8 Å². The number of amides is 1. The number of anilines is 1. The Labute approximate surface area is 175 Å². The van der Waals surface area contributed by atoms with Gasteiger partial charge < -0.3 is 14.7 Å². The van der Waals surface area contributed by atoms with Crippen LogP contribution in [0, 0.1) is 13.8 Å². The molecule has 1 heterocycles. The molecule has 4 nitrogen and oxygen atoms in total. The SMILES string of the molecule is COc1ccc(CN2C(=O)[C@](O)(c3cc(C)cc(C)c3)c3cc(Cl)ccc32)cc1. The van der Waals surface area contributed by atoms with E-state index in [0.717, 1.165) is 22.4 Å². The number of halogens is 1. The summed E-state index contributed by atoms with van der Waals surface area (Å²) in [4.78, 5) is 15.2. The maximum absolute atomic E-state index is 13.6. The van der Waals surface area contributed by atoms with Gasteiger partial charge in [-0.15, -0.1) is 0 Å². The summed E-state index contributed by atoms with van der Waals surface area (Å²) in [5.41, 5.74) is 2.86. The van der Waals surface area contributed by atoms with Crippen molar-refractivity contribution in [3.8, 4) is 5.75 Å². The molecule has 29 heavy (non-hydrogen) atoms. The molecule has 3 aromatic rings. The minimum Gasteiger partial charge on any atom is -0.497 e. The summed E-state index contributed by atoms with van der Waals surface area (Å²) in [6.07, 6.45) is 0. The number of rotatable bonds is 4. The van der Waals surface area contributed by atoms with Crippen molar-refractivity contribution in [1.82, 2.24) is 0 Å². The topological polar surface area (TPSA) is 49.8 Å². The molecular weight excluding hydrogens is 386 g/mol. The molecule has 1 N–H and O–H groups in total. The van der Waals surface area contributed by atoms with E-state index < -0.39 is 5.60 Å². The third kappa shape index (κ3) is 3.28. The molecule has 1 atom stereocenters. The summed E-state index contributed by atoms with van der Waals surface area (Å²) < 4.78 is 5.21. The molecule has 0 spiro atoms. The van der Waals surface area contributed by atoms with Crippen molar-refractivity contribution in [2.45, 2.75) is 26.0 Å². The number of aliphatic hydroxyl groups is 1. The molecule has 0 bridgehead atoms. The monoisotopic (exact) mass is 407 g/mol. The number of fused-ring (bicyclic) bond motifs is 1. The normalized spacial score (nSPS) is 18.1. The van der Waals surface area contributed by atoms with Gasteiger partial charge in [-0.25, -0.2) is 0 Å². The largest absolute Gasteiger partial charge is 0.497 e. The number of nitrogens with zero attached hydrogens (tertiary/aromatic N) is 1. The maximum atomic E-state index is 13.6. The van der Waals surface area contributed by atoms with E-state index in [1.54, 1.807) is 30.2 Å². The van der Waals surface area contributed by atoms with Crippen molar-refractivity contribution in [3.05, 3.63) is 93.5 Å². The van der Waals surface area contributed by atoms with Gasteiger partial charge in [0.15, 0.2) is 5.60 Å². The van der Waals surface area contributed by atoms with Gasteiger partial charge in [0.2, 0.25) is 0 Å². The van der Waals surface area contributed by atoms with E-state index in [-0.39, 0.29) is 5.91 Å². The highest BCUT2D eigenvalue weighted by Gasteiger charge is 2.51. The van der Waals surface area contributed by atoms with Gasteiger partial charge in [0.05, 0.1) is 19.3 Å². The molecule has 5 heteroatoms. The molecule has 0 unspecified atom stereocenters. The lowest BCUT2D eigenvalue weighted by atomic mass is 9.86. The number of methoxy groups -OCH3 is 1. The lowest BCUT2D eigenvalue weighted by Gasteiger charge is -2.24. The fraction of sp³-hybridized carbons (Fsp3) is 0.208.